The topological polar surface area (TPSA) is 121 Å². The van der Waals surface area contributed by atoms with E-state index in [-0.39, 0.29) is 27.4 Å². The van der Waals surface area contributed by atoms with Crippen molar-refractivity contribution in [1.82, 2.24) is 9.29 Å². The van der Waals surface area contributed by atoms with Gasteiger partial charge in [0.05, 0.1) is 16.0 Å². The third kappa shape index (κ3) is 4.27. The number of amides is 1. The number of halogens is 1. The zero-order valence-electron chi connectivity index (χ0n) is 15.6. The normalized spacial score (nSPS) is 11.0. The number of pyridine rings is 1. The van der Waals surface area contributed by atoms with E-state index >= 15 is 0 Å². The maximum atomic E-state index is 13.4. The molecule has 30 heavy (non-hydrogen) atoms. The second kappa shape index (κ2) is 8.28. The molecule has 8 nitrogen and oxygen atoms in total. The highest BCUT2D eigenvalue weighted by Crippen LogP contribution is 2.16. The number of anilines is 1. The van der Waals surface area contributed by atoms with E-state index in [0.717, 1.165) is 10.6 Å². The Labute approximate surface area is 171 Å². The highest BCUT2D eigenvalue weighted by molar-refractivity contribution is 7.89. The standard InChI is InChI=1S/C20H15FN4O4S/c1-23-30(28,29)17-4-2-3-16(10-17)25-12-13(5-8-19(25)26)20(27)24-15-6-7-18(21)14(9-15)11-22/h2-10,12,23H,1H3,(H,24,27). The lowest BCUT2D eigenvalue weighted by Gasteiger charge is -2.11. The Morgan fingerprint density at radius 1 is 1.13 bits per heavy atom. The zero-order valence-corrected chi connectivity index (χ0v) is 16.4. The summed E-state index contributed by atoms with van der Waals surface area (Å²) < 4.78 is 40.8. The summed E-state index contributed by atoms with van der Waals surface area (Å²) >= 11 is 0. The Kier molecular flexibility index (Phi) is 5.77. The Bertz CT molecular complexity index is 1340. The van der Waals surface area contributed by atoms with Gasteiger partial charge in [0, 0.05) is 23.6 Å². The summed E-state index contributed by atoms with van der Waals surface area (Å²) in [6.07, 6.45) is 1.26. The fourth-order valence-corrected chi connectivity index (χ4v) is 3.40. The van der Waals surface area contributed by atoms with Crippen LogP contribution in [0.4, 0.5) is 10.1 Å². The first-order chi connectivity index (χ1) is 14.2. The molecule has 0 unspecified atom stereocenters. The third-order valence-electron chi connectivity index (χ3n) is 4.19. The predicted octanol–water partition coefficient (Wildman–Crippen LogP) is 2.01. The number of rotatable bonds is 5. The van der Waals surface area contributed by atoms with Gasteiger partial charge in [0.15, 0.2) is 0 Å². The maximum Gasteiger partial charge on any atom is 0.257 e. The number of carbonyl (C=O) groups is 1. The fourth-order valence-electron chi connectivity index (χ4n) is 2.63. The maximum absolute atomic E-state index is 13.4. The molecule has 0 aliphatic rings. The number of hydrogen-bond donors (Lipinski definition) is 2. The zero-order chi connectivity index (χ0) is 21.9. The van der Waals surface area contributed by atoms with E-state index in [2.05, 4.69) is 10.0 Å². The van der Waals surface area contributed by atoms with Crippen LogP contribution in [0.3, 0.4) is 0 Å². The first-order valence-corrected chi connectivity index (χ1v) is 10.0. The van der Waals surface area contributed by atoms with Crippen LogP contribution in [-0.2, 0) is 10.0 Å². The number of hydrogen-bond acceptors (Lipinski definition) is 5. The van der Waals surface area contributed by atoms with Gasteiger partial charge in [0.25, 0.3) is 11.5 Å². The smallest absolute Gasteiger partial charge is 0.257 e. The summed E-state index contributed by atoms with van der Waals surface area (Å²) in [6, 6.07) is 13.4. The molecule has 0 spiro atoms. The fraction of sp³-hybridized carbons (Fsp3) is 0.0500. The summed E-state index contributed by atoms with van der Waals surface area (Å²) in [7, 11) is -2.45. The minimum atomic E-state index is -3.72. The summed E-state index contributed by atoms with van der Waals surface area (Å²) in [4.78, 5) is 24.8. The number of nitriles is 1. The van der Waals surface area contributed by atoms with Crippen molar-refractivity contribution in [1.29, 1.82) is 5.26 Å². The molecule has 2 aromatic carbocycles. The molecule has 0 radical (unpaired) electrons. The summed E-state index contributed by atoms with van der Waals surface area (Å²) in [5.41, 5.74) is -0.143. The van der Waals surface area contributed by atoms with E-state index in [4.69, 9.17) is 5.26 Å². The molecule has 1 amide bonds. The molecule has 0 aliphatic heterocycles. The molecule has 3 aromatic rings. The van der Waals surface area contributed by atoms with Gasteiger partial charge >= 0.3 is 0 Å². The molecule has 1 aromatic heterocycles. The van der Waals surface area contributed by atoms with Crippen LogP contribution in [0, 0.1) is 17.1 Å². The van der Waals surface area contributed by atoms with Crippen LogP contribution in [0.2, 0.25) is 0 Å². The summed E-state index contributed by atoms with van der Waals surface area (Å²) in [5, 5.41) is 11.4. The van der Waals surface area contributed by atoms with Gasteiger partial charge in [-0.25, -0.2) is 17.5 Å². The summed E-state index contributed by atoms with van der Waals surface area (Å²) in [5.74, 6) is -1.31. The van der Waals surface area contributed by atoms with Gasteiger partial charge in [0.1, 0.15) is 11.9 Å². The van der Waals surface area contributed by atoms with Gasteiger partial charge in [0.2, 0.25) is 10.0 Å². The Hall–Kier alpha value is -3.81. The van der Waals surface area contributed by atoms with Gasteiger partial charge in [-0.05, 0) is 49.5 Å². The first kappa shape index (κ1) is 20.9. The molecule has 1 heterocycles. The van der Waals surface area contributed by atoms with E-state index in [1.165, 1.54) is 61.8 Å². The van der Waals surface area contributed by atoms with Crippen molar-refractivity contribution in [3.63, 3.8) is 0 Å². The molecule has 0 saturated carbocycles. The van der Waals surface area contributed by atoms with Crippen molar-refractivity contribution in [2.24, 2.45) is 0 Å². The molecule has 3 rings (SSSR count). The van der Waals surface area contributed by atoms with Crippen LogP contribution in [0.15, 0.2) is 70.5 Å². The highest BCUT2D eigenvalue weighted by atomic mass is 32.2. The lowest BCUT2D eigenvalue weighted by atomic mass is 10.2. The molecular weight excluding hydrogens is 411 g/mol. The number of sulfonamides is 1. The molecule has 152 valence electrons. The average molecular weight is 426 g/mol. The van der Waals surface area contributed by atoms with Crippen molar-refractivity contribution >= 4 is 21.6 Å². The van der Waals surface area contributed by atoms with Gasteiger partial charge in [-0.15, -0.1) is 0 Å². The number of nitrogens with one attached hydrogen (secondary N) is 2. The molecule has 0 fully saturated rings. The third-order valence-corrected chi connectivity index (χ3v) is 5.60. The van der Waals surface area contributed by atoms with Gasteiger partial charge in [-0.1, -0.05) is 6.07 Å². The number of nitrogens with zero attached hydrogens (tertiary/aromatic N) is 2. The molecular formula is C20H15FN4O4S. The van der Waals surface area contributed by atoms with Gasteiger partial charge < -0.3 is 5.32 Å². The quantitative estimate of drug-likeness (QED) is 0.646. The highest BCUT2D eigenvalue weighted by Gasteiger charge is 2.14. The second-order valence-electron chi connectivity index (χ2n) is 6.09. The van der Waals surface area contributed by atoms with Crippen LogP contribution < -0.4 is 15.6 Å². The minimum absolute atomic E-state index is 0.0420. The lowest BCUT2D eigenvalue weighted by Crippen LogP contribution is -2.22. The number of benzene rings is 2. The Morgan fingerprint density at radius 2 is 1.90 bits per heavy atom. The molecule has 0 bridgehead atoms. The van der Waals surface area contributed by atoms with E-state index in [1.54, 1.807) is 6.07 Å². The lowest BCUT2D eigenvalue weighted by molar-refractivity contribution is 0.102. The van der Waals surface area contributed by atoms with Gasteiger partial charge in [-0.2, -0.15) is 5.26 Å². The monoisotopic (exact) mass is 426 g/mol. The van der Waals surface area contributed by atoms with Gasteiger partial charge in [-0.3, -0.25) is 14.2 Å². The van der Waals surface area contributed by atoms with E-state index in [0.29, 0.717) is 0 Å². The molecule has 10 heteroatoms. The van der Waals surface area contributed by atoms with E-state index in [1.807, 2.05) is 0 Å². The molecule has 0 saturated heterocycles. The SMILES string of the molecule is CNS(=O)(=O)c1cccc(-n2cc(C(=O)Nc3ccc(F)c(C#N)c3)ccc2=O)c1. The van der Waals surface area contributed by atoms with Crippen molar-refractivity contribution in [2.75, 3.05) is 12.4 Å². The van der Waals surface area contributed by atoms with Crippen molar-refractivity contribution in [3.05, 3.63) is 88.1 Å². The van der Waals surface area contributed by atoms with Crippen molar-refractivity contribution < 1.29 is 17.6 Å². The van der Waals surface area contributed by atoms with Crippen molar-refractivity contribution in [2.45, 2.75) is 4.90 Å². The Balaban J connectivity index is 1.96. The predicted molar refractivity (Wildman–Crippen MR) is 107 cm³/mol. The van der Waals surface area contributed by atoms with Crippen molar-refractivity contribution in [3.8, 4) is 11.8 Å². The second-order valence-corrected chi connectivity index (χ2v) is 7.98. The molecule has 2 N–H and O–H groups in total. The molecule has 0 aliphatic carbocycles. The van der Waals surface area contributed by atoms with Crippen LogP contribution >= 0.6 is 0 Å². The molecule has 0 atom stereocenters. The minimum Gasteiger partial charge on any atom is -0.322 e. The largest absolute Gasteiger partial charge is 0.322 e. The van der Waals surface area contributed by atoms with Crippen LogP contribution in [0.1, 0.15) is 15.9 Å². The van der Waals surface area contributed by atoms with Crippen LogP contribution in [0.25, 0.3) is 5.69 Å². The number of carbonyl (C=O) groups excluding carboxylic acids is 1. The van der Waals surface area contributed by atoms with Crippen LogP contribution in [0.5, 0.6) is 0 Å². The van der Waals surface area contributed by atoms with E-state index < -0.39 is 27.3 Å². The van der Waals surface area contributed by atoms with Crippen LogP contribution in [-0.4, -0.2) is 25.9 Å². The number of aromatic nitrogens is 1. The Morgan fingerprint density at radius 3 is 2.60 bits per heavy atom. The summed E-state index contributed by atoms with van der Waals surface area (Å²) in [6.45, 7) is 0. The first-order valence-electron chi connectivity index (χ1n) is 8.53. The van der Waals surface area contributed by atoms with E-state index in [9.17, 15) is 22.4 Å². The average Bonchev–Trinajstić information content (AvgIpc) is 2.75.